The van der Waals surface area contributed by atoms with E-state index in [1.807, 2.05) is 6.07 Å². The minimum Gasteiger partial charge on any atom is -0.466 e. The summed E-state index contributed by atoms with van der Waals surface area (Å²) in [7, 11) is 0. The van der Waals surface area contributed by atoms with Gasteiger partial charge in [0.05, 0.1) is 19.2 Å². The number of hydrogen-bond acceptors (Lipinski definition) is 5. The Bertz CT molecular complexity index is 399. The van der Waals surface area contributed by atoms with Crippen molar-refractivity contribution in [2.24, 2.45) is 4.99 Å². The molecule has 1 rings (SSSR count). The molecule has 0 aromatic carbocycles. The highest BCUT2D eigenvalue weighted by molar-refractivity contribution is 5.77. The van der Waals surface area contributed by atoms with E-state index in [2.05, 4.69) is 17.1 Å². The summed E-state index contributed by atoms with van der Waals surface area (Å²) < 4.78 is 10.0. The van der Waals surface area contributed by atoms with Crippen molar-refractivity contribution < 1.29 is 14.1 Å². The number of hydrogen-bond donors (Lipinski definition) is 0. The largest absolute Gasteiger partial charge is 0.466 e. The molecule has 1 aromatic heterocycles. The maximum atomic E-state index is 11.1. The van der Waals surface area contributed by atoms with Crippen LogP contribution in [0.15, 0.2) is 15.6 Å². The van der Waals surface area contributed by atoms with E-state index in [1.54, 1.807) is 13.1 Å². The second-order valence-electron chi connectivity index (χ2n) is 4.27. The molecule has 0 atom stereocenters. The second-order valence-corrected chi connectivity index (χ2v) is 4.27. The van der Waals surface area contributed by atoms with Crippen LogP contribution in [0.1, 0.15) is 51.0 Å². The van der Waals surface area contributed by atoms with Crippen LogP contribution in [0.5, 0.6) is 0 Å². The number of aryl methyl sites for hydroxylation is 1. The van der Waals surface area contributed by atoms with E-state index in [-0.39, 0.29) is 5.97 Å². The van der Waals surface area contributed by atoms with E-state index >= 15 is 0 Å². The third-order valence-corrected chi connectivity index (χ3v) is 2.58. The number of carbonyl (C=O) groups excluding carboxylic acids is 1. The molecule has 0 saturated carbocycles. The van der Waals surface area contributed by atoms with Gasteiger partial charge >= 0.3 is 5.97 Å². The third kappa shape index (κ3) is 6.74. The van der Waals surface area contributed by atoms with E-state index in [0.29, 0.717) is 25.3 Å². The Balaban J connectivity index is 2.26. The van der Waals surface area contributed by atoms with Crippen molar-refractivity contribution in [3.63, 3.8) is 0 Å². The van der Waals surface area contributed by atoms with Gasteiger partial charge in [-0.1, -0.05) is 24.9 Å². The zero-order valence-electron chi connectivity index (χ0n) is 11.7. The molecule has 0 unspecified atom stereocenters. The van der Waals surface area contributed by atoms with Crippen LogP contribution < -0.4 is 0 Å². The fourth-order valence-electron chi connectivity index (χ4n) is 1.60. The summed E-state index contributed by atoms with van der Waals surface area (Å²) in [4.78, 5) is 15.2. The average molecular weight is 266 g/mol. The van der Waals surface area contributed by atoms with E-state index < -0.39 is 0 Å². The molecule has 0 fully saturated rings. The van der Waals surface area contributed by atoms with Gasteiger partial charge in [0.2, 0.25) is 0 Å². The van der Waals surface area contributed by atoms with E-state index in [9.17, 15) is 4.79 Å². The van der Waals surface area contributed by atoms with Crippen LogP contribution in [-0.4, -0.2) is 30.5 Å². The number of aliphatic imine (C=N–C) groups is 1. The molecule has 0 aliphatic heterocycles. The molecule has 0 spiro atoms. The quantitative estimate of drug-likeness (QED) is 0.391. The van der Waals surface area contributed by atoms with Gasteiger partial charge in [0.15, 0.2) is 0 Å². The SMILES string of the molecule is CCCCCc1cc(C=NCCC(=O)OCC)no1. The van der Waals surface area contributed by atoms with Gasteiger partial charge in [-0.3, -0.25) is 9.79 Å². The van der Waals surface area contributed by atoms with E-state index in [1.165, 1.54) is 12.8 Å². The van der Waals surface area contributed by atoms with Crippen LogP contribution in [0.2, 0.25) is 0 Å². The van der Waals surface area contributed by atoms with Crippen molar-refractivity contribution in [1.29, 1.82) is 0 Å². The predicted molar refractivity (Wildman–Crippen MR) is 73.4 cm³/mol. The summed E-state index contributed by atoms with van der Waals surface area (Å²) in [6, 6.07) is 1.89. The Hall–Kier alpha value is -1.65. The predicted octanol–water partition coefficient (Wildman–Crippen LogP) is 2.78. The molecule has 5 heteroatoms. The first-order valence-corrected chi connectivity index (χ1v) is 6.87. The zero-order chi connectivity index (χ0) is 13.9. The average Bonchev–Trinajstić information content (AvgIpc) is 2.83. The Morgan fingerprint density at radius 3 is 3.05 bits per heavy atom. The van der Waals surface area contributed by atoms with Crippen LogP contribution in [-0.2, 0) is 16.0 Å². The van der Waals surface area contributed by atoms with Gasteiger partial charge in [-0.2, -0.15) is 0 Å². The molecule has 19 heavy (non-hydrogen) atoms. The number of ether oxygens (including phenoxy) is 1. The van der Waals surface area contributed by atoms with Crippen LogP contribution in [0.25, 0.3) is 0 Å². The number of carbonyl (C=O) groups is 1. The smallest absolute Gasteiger partial charge is 0.307 e. The van der Waals surface area contributed by atoms with Gasteiger partial charge in [0.1, 0.15) is 11.5 Å². The summed E-state index contributed by atoms with van der Waals surface area (Å²) in [6.45, 7) is 4.78. The first-order valence-electron chi connectivity index (χ1n) is 6.87. The molecule has 0 radical (unpaired) electrons. The number of nitrogens with zero attached hydrogens (tertiary/aromatic N) is 2. The van der Waals surface area contributed by atoms with Gasteiger partial charge in [-0.15, -0.1) is 0 Å². The number of rotatable bonds is 9. The maximum Gasteiger partial charge on any atom is 0.307 e. The molecule has 106 valence electrons. The van der Waals surface area contributed by atoms with Crippen molar-refractivity contribution in [3.8, 4) is 0 Å². The Morgan fingerprint density at radius 1 is 1.47 bits per heavy atom. The molecule has 0 aliphatic rings. The molecular weight excluding hydrogens is 244 g/mol. The fraction of sp³-hybridized carbons (Fsp3) is 0.643. The second kappa shape index (κ2) is 9.30. The number of aromatic nitrogens is 1. The van der Waals surface area contributed by atoms with Gasteiger partial charge < -0.3 is 9.26 Å². The number of esters is 1. The number of unbranched alkanes of at least 4 members (excludes halogenated alkanes) is 2. The van der Waals surface area contributed by atoms with Crippen molar-refractivity contribution in [1.82, 2.24) is 5.16 Å². The molecule has 0 saturated heterocycles. The Labute approximate surface area is 114 Å². The molecule has 1 heterocycles. The lowest BCUT2D eigenvalue weighted by Crippen LogP contribution is -2.05. The minimum atomic E-state index is -0.222. The van der Waals surface area contributed by atoms with Gasteiger partial charge in [0.25, 0.3) is 0 Å². The van der Waals surface area contributed by atoms with E-state index in [0.717, 1.165) is 18.6 Å². The normalized spacial score (nSPS) is 11.1. The Morgan fingerprint density at radius 2 is 2.32 bits per heavy atom. The molecule has 0 aliphatic carbocycles. The monoisotopic (exact) mass is 266 g/mol. The van der Waals surface area contributed by atoms with Gasteiger partial charge in [-0.05, 0) is 13.3 Å². The highest BCUT2D eigenvalue weighted by atomic mass is 16.5. The van der Waals surface area contributed by atoms with Gasteiger partial charge in [0, 0.05) is 19.0 Å². The molecular formula is C14H22N2O3. The lowest BCUT2D eigenvalue weighted by atomic mass is 10.2. The fourth-order valence-corrected chi connectivity index (χ4v) is 1.60. The Kier molecular flexibility index (Phi) is 7.54. The van der Waals surface area contributed by atoms with Crippen LogP contribution in [0, 0.1) is 0 Å². The molecule has 0 amide bonds. The van der Waals surface area contributed by atoms with E-state index in [4.69, 9.17) is 9.26 Å². The molecule has 1 aromatic rings. The van der Waals surface area contributed by atoms with Crippen LogP contribution >= 0.6 is 0 Å². The summed E-state index contributed by atoms with van der Waals surface area (Å²) in [6.07, 6.45) is 6.35. The highest BCUT2D eigenvalue weighted by Crippen LogP contribution is 2.07. The standard InChI is InChI=1S/C14H22N2O3/c1-3-5-6-7-13-10-12(16-19-13)11-15-9-8-14(17)18-4-2/h10-11H,3-9H2,1-2H3. The summed E-state index contributed by atoms with van der Waals surface area (Å²) in [5, 5.41) is 3.91. The highest BCUT2D eigenvalue weighted by Gasteiger charge is 2.02. The molecule has 5 nitrogen and oxygen atoms in total. The molecule has 0 bridgehead atoms. The topological polar surface area (TPSA) is 64.7 Å². The van der Waals surface area contributed by atoms with Crippen molar-refractivity contribution in [2.45, 2.75) is 46.0 Å². The van der Waals surface area contributed by atoms with Crippen LogP contribution in [0.4, 0.5) is 0 Å². The lowest BCUT2D eigenvalue weighted by molar-refractivity contribution is -0.142. The summed E-state index contributed by atoms with van der Waals surface area (Å²) in [5.41, 5.74) is 0.704. The minimum absolute atomic E-state index is 0.222. The zero-order valence-corrected chi connectivity index (χ0v) is 11.7. The summed E-state index contributed by atoms with van der Waals surface area (Å²) >= 11 is 0. The maximum absolute atomic E-state index is 11.1. The van der Waals surface area contributed by atoms with Gasteiger partial charge in [-0.25, -0.2) is 0 Å². The lowest BCUT2D eigenvalue weighted by Gasteiger charge is -1.97. The third-order valence-electron chi connectivity index (χ3n) is 2.58. The first kappa shape index (κ1) is 15.4. The molecule has 0 N–H and O–H groups in total. The summed E-state index contributed by atoms with van der Waals surface area (Å²) in [5.74, 6) is 0.667. The van der Waals surface area contributed by atoms with Crippen LogP contribution in [0.3, 0.4) is 0 Å². The van der Waals surface area contributed by atoms with Crippen molar-refractivity contribution in [2.75, 3.05) is 13.2 Å². The van der Waals surface area contributed by atoms with Crippen molar-refractivity contribution >= 4 is 12.2 Å². The van der Waals surface area contributed by atoms with Crippen molar-refractivity contribution in [3.05, 3.63) is 17.5 Å². The first-order chi connectivity index (χ1) is 9.26.